The number of piperazine rings is 1. The fourth-order valence-corrected chi connectivity index (χ4v) is 3.27. The van der Waals surface area contributed by atoms with Crippen molar-refractivity contribution in [3.8, 4) is 0 Å². The van der Waals surface area contributed by atoms with E-state index in [4.69, 9.17) is 17.3 Å². The summed E-state index contributed by atoms with van der Waals surface area (Å²) in [5, 5.41) is 3.56. The number of nitrogens with two attached hydrogens (primary N) is 1. The summed E-state index contributed by atoms with van der Waals surface area (Å²) in [6.07, 6.45) is 0.924. The van der Waals surface area contributed by atoms with Crippen LogP contribution < -0.4 is 11.1 Å². The van der Waals surface area contributed by atoms with Gasteiger partial charge in [-0.25, -0.2) is 0 Å². The van der Waals surface area contributed by atoms with Crippen LogP contribution in [-0.2, 0) is 9.59 Å². The van der Waals surface area contributed by atoms with Crippen molar-refractivity contribution in [2.75, 3.05) is 32.7 Å². The van der Waals surface area contributed by atoms with Crippen molar-refractivity contribution in [3.63, 3.8) is 0 Å². The zero-order chi connectivity index (χ0) is 18.4. The molecule has 0 spiro atoms. The fraction of sp³-hybridized carbons (Fsp3) is 0.556. The summed E-state index contributed by atoms with van der Waals surface area (Å²) in [6, 6.07) is 6.57. The summed E-state index contributed by atoms with van der Waals surface area (Å²) in [5.74, 6) is -0.316. The lowest BCUT2D eigenvalue weighted by Gasteiger charge is -2.40. The molecule has 25 heavy (non-hydrogen) atoms. The molecule has 1 heterocycles. The molecule has 1 fully saturated rings. The van der Waals surface area contributed by atoms with Gasteiger partial charge in [0, 0.05) is 37.7 Å². The molecule has 7 heteroatoms. The summed E-state index contributed by atoms with van der Waals surface area (Å²) < 4.78 is 0. The Hall–Kier alpha value is -1.63. The summed E-state index contributed by atoms with van der Waals surface area (Å²) in [6.45, 7) is 7.46. The monoisotopic (exact) mass is 366 g/mol. The third-order valence-corrected chi connectivity index (χ3v) is 4.90. The molecule has 0 aromatic heterocycles. The van der Waals surface area contributed by atoms with E-state index in [1.54, 1.807) is 12.1 Å². The van der Waals surface area contributed by atoms with Gasteiger partial charge in [0.25, 0.3) is 0 Å². The highest BCUT2D eigenvalue weighted by molar-refractivity contribution is 6.30. The van der Waals surface area contributed by atoms with Gasteiger partial charge in [-0.1, -0.05) is 30.7 Å². The van der Waals surface area contributed by atoms with E-state index in [0.717, 1.165) is 25.1 Å². The van der Waals surface area contributed by atoms with Crippen molar-refractivity contribution >= 4 is 23.4 Å². The number of hydrogen-bond acceptors (Lipinski definition) is 4. The van der Waals surface area contributed by atoms with E-state index >= 15 is 0 Å². The Balaban J connectivity index is 1.98. The van der Waals surface area contributed by atoms with E-state index < -0.39 is 6.04 Å². The highest BCUT2D eigenvalue weighted by atomic mass is 35.5. The predicted molar refractivity (Wildman–Crippen MR) is 99.3 cm³/mol. The molecule has 2 amide bonds. The normalized spacial score (nSPS) is 18.5. The van der Waals surface area contributed by atoms with E-state index in [1.807, 2.05) is 26.0 Å². The molecule has 138 valence electrons. The number of nitrogens with zero attached hydrogens (tertiary/aromatic N) is 2. The first-order chi connectivity index (χ1) is 11.9. The summed E-state index contributed by atoms with van der Waals surface area (Å²) in [4.78, 5) is 28.3. The largest absolute Gasteiger partial charge is 0.368 e. The van der Waals surface area contributed by atoms with Gasteiger partial charge in [0.2, 0.25) is 11.8 Å². The number of carbonyl (C=O) groups excluding carboxylic acids is 2. The average molecular weight is 367 g/mol. The fourth-order valence-electron chi connectivity index (χ4n) is 3.14. The van der Waals surface area contributed by atoms with Gasteiger partial charge in [0.1, 0.15) is 6.04 Å². The van der Waals surface area contributed by atoms with Crippen LogP contribution in [0.5, 0.6) is 0 Å². The highest BCUT2D eigenvalue weighted by Gasteiger charge is 2.31. The second-order valence-corrected chi connectivity index (χ2v) is 6.83. The van der Waals surface area contributed by atoms with Crippen molar-refractivity contribution in [1.82, 2.24) is 15.1 Å². The Kier molecular flexibility index (Phi) is 7.23. The van der Waals surface area contributed by atoms with Crippen molar-refractivity contribution in [1.29, 1.82) is 0 Å². The highest BCUT2D eigenvalue weighted by Crippen LogP contribution is 2.24. The molecule has 6 nitrogen and oxygen atoms in total. The number of carbonyl (C=O) groups is 2. The van der Waals surface area contributed by atoms with Crippen LogP contribution in [0.1, 0.15) is 31.9 Å². The molecule has 1 saturated heterocycles. The van der Waals surface area contributed by atoms with Crippen LogP contribution in [0.4, 0.5) is 0 Å². The van der Waals surface area contributed by atoms with E-state index in [2.05, 4.69) is 15.1 Å². The molecule has 1 aromatic rings. The molecule has 1 aromatic carbocycles. The molecule has 2 atom stereocenters. The Morgan fingerprint density at radius 1 is 1.16 bits per heavy atom. The van der Waals surface area contributed by atoms with Crippen molar-refractivity contribution in [2.45, 2.75) is 32.4 Å². The van der Waals surface area contributed by atoms with E-state index in [1.165, 1.54) is 0 Å². The minimum Gasteiger partial charge on any atom is -0.368 e. The zero-order valence-electron chi connectivity index (χ0n) is 14.9. The topological polar surface area (TPSA) is 78.7 Å². The third kappa shape index (κ3) is 5.17. The van der Waals surface area contributed by atoms with Gasteiger partial charge < -0.3 is 11.1 Å². The number of halogens is 1. The van der Waals surface area contributed by atoms with Gasteiger partial charge >= 0.3 is 0 Å². The first kappa shape index (κ1) is 19.7. The molecule has 1 aliphatic rings. The van der Waals surface area contributed by atoms with Crippen LogP contribution >= 0.6 is 11.6 Å². The number of amides is 2. The molecule has 2 rings (SSSR count). The number of rotatable bonds is 7. The molecule has 0 unspecified atom stereocenters. The molecule has 3 N–H and O–H groups in total. The van der Waals surface area contributed by atoms with Gasteiger partial charge in [-0.15, -0.1) is 0 Å². The lowest BCUT2D eigenvalue weighted by molar-refractivity contribution is -0.129. The summed E-state index contributed by atoms with van der Waals surface area (Å²) >= 11 is 5.93. The third-order valence-electron chi connectivity index (χ3n) is 4.65. The summed E-state index contributed by atoms with van der Waals surface area (Å²) in [5.41, 5.74) is 6.49. The molecular formula is C18H27ClN4O2. The predicted octanol–water partition coefficient (Wildman–Crippen LogP) is 1.40. The van der Waals surface area contributed by atoms with Gasteiger partial charge in [-0.05, 0) is 31.0 Å². The smallest absolute Gasteiger partial charge is 0.239 e. The first-order valence-electron chi connectivity index (χ1n) is 8.74. The first-order valence-corrected chi connectivity index (χ1v) is 9.12. The quantitative estimate of drug-likeness (QED) is 0.764. The van der Waals surface area contributed by atoms with E-state index in [9.17, 15) is 9.59 Å². The lowest BCUT2D eigenvalue weighted by Crippen LogP contribution is -2.55. The number of primary amides is 1. The second kappa shape index (κ2) is 9.17. The van der Waals surface area contributed by atoms with Gasteiger partial charge in [-0.2, -0.15) is 0 Å². The van der Waals surface area contributed by atoms with Crippen LogP contribution in [0.2, 0.25) is 5.02 Å². The number of hydrogen-bond donors (Lipinski definition) is 2. The van der Waals surface area contributed by atoms with Crippen LogP contribution in [0.15, 0.2) is 24.3 Å². The van der Waals surface area contributed by atoms with E-state index in [-0.39, 0.29) is 17.9 Å². The SMILES string of the molecule is CCCNC(=O)[C@@H](C)N1CCN([C@@H](C(N)=O)c2ccc(Cl)cc2)CC1. The maximum absolute atomic E-state index is 12.1. The van der Waals surface area contributed by atoms with Crippen molar-refractivity contribution in [3.05, 3.63) is 34.9 Å². The van der Waals surface area contributed by atoms with Gasteiger partial charge in [-0.3, -0.25) is 19.4 Å². The molecule has 0 bridgehead atoms. The Bertz CT molecular complexity index is 585. The summed E-state index contributed by atoms with van der Waals surface area (Å²) in [7, 11) is 0. The van der Waals surface area contributed by atoms with Gasteiger partial charge in [0.15, 0.2) is 0 Å². The standard InChI is InChI=1S/C18H27ClN4O2/c1-3-8-21-18(25)13(2)22-9-11-23(12-10-22)16(17(20)24)14-4-6-15(19)7-5-14/h4-7,13,16H,3,8-12H2,1-2H3,(H2,20,24)(H,21,25)/t13-,16-/m1/s1. The van der Waals surface area contributed by atoms with Crippen LogP contribution in [0, 0.1) is 0 Å². The van der Waals surface area contributed by atoms with Crippen molar-refractivity contribution < 1.29 is 9.59 Å². The Morgan fingerprint density at radius 3 is 2.24 bits per heavy atom. The Labute approximate surface area is 154 Å². The second-order valence-electron chi connectivity index (χ2n) is 6.40. The number of benzene rings is 1. The van der Waals surface area contributed by atoms with Gasteiger partial charge in [0.05, 0.1) is 6.04 Å². The zero-order valence-corrected chi connectivity index (χ0v) is 15.6. The lowest BCUT2D eigenvalue weighted by atomic mass is 10.0. The van der Waals surface area contributed by atoms with E-state index in [0.29, 0.717) is 24.7 Å². The molecular weight excluding hydrogens is 340 g/mol. The van der Waals surface area contributed by atoms with Crippen molar-refractivity contribution in [2.24, 2.45) is 5.73 Å². The Morgan fingerprint density at radius 2 is 1.72 bits per heavy atom. The molecule has 0 aliphatic carbocycles. The van der Waals surface area contributed by atoms with Crippen LogP contribution in [0.25, 0.3) is 0 Å². The maximum atomic E-state index is 12.1. The number of nitrogens with one attached hydrogen (secondary N) is 1. The minimum absolute atomic E-state index is 0.0550. The minimum atomic E-state index is -0.469. The van der Waals surface area contributed by atoms with Crippen LogP contribution in [-0.4, -0.2) is 60.4 Å². The maximum Gasteiger partial charge on any atom is 0.239 e. The van der Waals surface area contributed by atoms with Crippen LogP contribution in [0.3, 0.4) is 0 Å². The molecule has 0 radical (unpaired) electrons. The average Bonchev–Trinajstić information content (AvgIpc) is 2.61. The molecule has 1 aliphatic heterocycles. The molecule has 0 saturated carbocycles.